The maximum atomic E-state index is 13.0. The largest absolute Gasteiger partial charge is 0.756 e. The molecule has 0 aromatic carbocycles. The number of amides is 1. The number of hydrogen-bond donors (Lipinski definition) is 2. The zero-order valence-corrected chi connectivity index (χ0v) is 47.9. The van der Waals surface area contributed by atoms with Crippen molar-refractivity contribution in [2.75, 3.05) is 40.9 Å². The Kier molecular flexibility index (Phi) is 51.5. The molecule has 0 aromatic rings. The van der Waals surface area contributed by atoms with E-state index < -0.39 is 20.0 Å². The monoisotopic (exact) mass is 997 g/mol. The number of nitrogens with zero attached hydrogens (tertiary/aromatic N) is 1. The van der Waals surface area contributed by atoms with Crippen molar-refractivity contribution >= 4 is 13.7 Å². The molecular weight excluding hydrogens is 876 g/mol. The van der Waals surface area contributed by atoms with Gasteiger partial charge in [0.05, 0.1) is 39.9 Å². The minimum absolute atomic E-state index is 0.00272. The van der Waals surface area contributed by atoms with Crippen molar-refractivity contribution in [3.8, 4) is 0 Å². The van der Waals surface area contributed by atoms with E-state index in [0.29, 0.717) is 17.4 Å². The lowest BCUT2D eigenvalue weighted by atomic mass is 10.0. The normalized spacial score (nSPS) is 13.9. The number of rotatable bonds is 57. The van der Waals surface area contributed by atoms with Gasteiger partial charge in [-0.15, -0.1) is 0 Å². The molecule has 0 rings (SSSR count). The average molecular weight is 998 g/mol. The summed E-state index contributed by atoms with van der Waals surface area (Å²) >= 11 is 0. The first-order valence-corrected chi connectivity index (χ1v) is 32.0. The maximum absolute atomic E-state index is 13.0. The highest BCUT2D eigenvalue weighted by Gasteiger charge is 2.23. The van der Waals surface area contributed by atoms with E-state index >= 15 is 0 Å². The fourth-order valence-corrected chi connectivity index (χ4v) is 10.2. The van der Waals surface area contributed by atoms with Crippen LogP contribution < -0.4 is 10.2 Å². The number of phosphoric acid groups is 1. The van der Waals surface area contributed by atoms with Crippen LogP contribution in [0.3, 0.4) is 0 Å². The number of hydrogen-bond acceptors (Lipinski definition) is 6. The van der Waals surface area contributed by atoms with E-state index in [1.54, 1.807) is 6.08 Å². The number of phosphoric ester groups is 1. The van der Waals surface area contributed by atoms with E-state index in [1.807, 2.05) is 27.2 Å². The highest BCUT2D eigenvalue weighted by Crippen LogP contribution is 2.38. The molecule has 3 unspecified atom stereocenters. The van der Waals surface area contributed by atoms with E-state index in [4.69, 9.17) is 9.05 Å². The van der Waals surface area contributed by atoms with Crippen LogP contribution in [0.1, 0.15) is 316 Å². The molecule has 0 radical (unpaired) electrons. The molecule has 1 amide bonds. The van der Waals surface area contributed by atoms with Crippen LogP contribution in [0, 0.1) is 0 Å². The van der Waals surface area contributed by atoms with Gasteiger partial charge in [0, 0.05) is 6.42 Å². The second kappa shape index (κ2) is 52.1. The third kappa shape index (κ3) is 54.8. The van der Waals surface area contributed by atoms with Crippen molar-refractivity contribution in [2.45, 2.75) is 328 Å². The molecule has 0 fully saturated rings. The highest BCUT2D eigenvalue weighted by atomic mass is 31.2. The van der Waals surface area contributed by atoms with Crippen LogP contribution in [0.5, 0.6) is 0 Å². The molecule has 0 aliphatic carbocycles. The van der Waals surface area contributed by atoms with Gasteiger partial charge in [0.25, 0.3) is 7.82 Å². The third-order valence-corrected chi connectivity index (χ3v) is 15.2. The predicted octanol–water partition coefficient (Wildman–Crippen LogP) is 18.0. The molecular formula is C60H121N2O6P. The van der Waals surface area contributed by atoms with E-state index in [9.17, 15) is 19.4 Å². The van der Waals surface area contributed by atoms with Gasteiger partial charge in [-0.1, -0.05) is 302 Å². The minimum atomic E-state index is -4.59. The van der Waals surface area contributed by atoms with Gasteiger partial charge in [-0.2, -0.15) is 0 Å². The van der Waals surface area contributed by atoms with Crippen molar-refractivity contribution in [3.63, 3.8) is 0 Å². The van der Waals surface area contributed by atoms with Crippen molar-refractivity contribution in [3.05, 3.63) is 12.2 Å². The molecule has 0 bridgehead atoms. The summed E-state index contributed by atoms with van der Waals surface area (Å²) in [5, 5.41) is 13.9. The summed E-state index contributed by atoms with van der Waals surface area (Å²) in [6.07, 6.45) is 64.5. The molecule has 69 heavy (non-hydrogen) atoms. The Morgan fingerprint density at radius 2 is 0.783 bits per heavy atom. The molecule has 0 spiro atoms. The number of nitrogens with one attached hydrogen (secondary N) is 1. The molecule has 9 heteroatoms. The van der Waals surface area contributed by atoms with E-state index in [-0.39, 0.29) is 19.1 Å². The Balaban J connectivity index is 4.08. The van der Waals surface area contributed by atoms with Crippen molar-refractivity contribution in [2.24, 2.45) is 0 Å². The molecule has 2 N–H and O–H groups in total. The van der Waals surface area contributed by atoms with Gasteiger partial charge in [-0.3, -0.25) is 9.36 Å². The van der Waals surface area contributed by atoms with Crippen LogP contribution in [0.4, 0.5) is 0 Å². The van der Waals surface area contributed by atoms with Gasteiger partial charge in [0.2, 0.25) is 5.91 Å². The first kappa shape index (κ1) is 68.2. The van der Waals surface area contributed by atoms with Crippen LogP contribution in [0.15, 0.2) is 12.2 Å². The van der Waals surface area contributed by atoms with Crippen LogP contribution in [0.2, 0.25) is 0 Å². The van der Waals surface area contributed by atoms with Gasteiger partial charge in [0.15, 0.2) is 0 Å². The van der Waals surface area contributed by atoms with Crippen molar-refractivity contribution < 1.29 is 32.9 Å². The first-order valence-electron chi connectivity index (χ1n) is 30.6. The van der Waals surface area contributed by atoms with E-state index in [1.165, 1.54) is 257 Å². The molecule has 0 aliphatic rings. The van der Waals surface area contributed by atoms with Crippen LogP contribution in [0.25, 0.3) is 0 Å². The molecule has 0 aliphatic heterocycles. The van der Waals surface area contributed by atoms with Gasteiger partial charge < -0.3 is 28.8 Å². The first-order chi connectivity index (χ1) is 33.5. The zero-order valence-electron chi connectivity index (χ0n) is 47.0. The lowest BCUT2D eigenvalue weighted by molar-refractivity contribution is -0.870. The number of carbonyl (C=O) groups is 1. The number of allylic oxidation sites excluding steroid dienone is 1. The minimum Gasteiger partial charge on any atom is -0.756 e. The van der Waals surface area contributed by atoms with Gasteiger partial charge in [-0.25, -0.2) is 0 Å². The fraction of sp³-hybridized carbons (Fsp3) is 0.950. The average Bonchev–Trinajstić information content (AvgIpc) is 3.31. The number of aliphatic hydroxyl groups is 1. The molecule has 0 saturated heterocycles. The second-order valence-corrected chi connectivity index (χ2v) is 23.8. The molecule has 0 heterocycles. The van der Waals surface area contributed by atoms with E-state index in [0.717, 1.165) is 38.5 Å². The summed E-state index contributed by atoms with van der Waals surface area (Å²) in [6, 6.07) is -0.882. The zero-order chi connectivity index (χ0) is 50.6. The molecule has 3 atom stereocenters. The topological polar surface area (TPSA) is 108 Å². The molecule has 412 valence electrons. The summed E-state index contributed by atoms with van der Waals surface area (Å²) in [5.41, 5.74) is 0. The standard InChI is InChI=1S/C60H121N2O6P/c1-6-8-10-12-14-16-18-20-22-24-25-26-27-28-29-30-31-32-33-34-35-36-38-39-41-43-45-47-49-51-53-59(63)58(57-68-69(65,66)67-56-55-62(3,4)5)61-60(64)54-52-50-48-46-44-42-40-37-23-21-19-17-15-13-11-9-7-2/h51,53,58-59,63H,6-50,52,54-57H2,1-5H3,(H-,61,64,65,66)/b53-51+. The predicted molar refractivity (Wildman–Crippen MR) is 298 cm³/mol. The summed E-state index contributed by atoms with van der Waals surface area (Å²) in [4.78, 5) is 25.5. The van der Waals surface area contributed by atoms with Crippen LogP contribution in [-0.4, -0.2) is 68.5 Å². The SMILES string of the molecule is CCCCCCCCCCCCCCCCCCCCCCCCCCCCCC/C=C/C(O)C(COP(=O)([O-])OCC[N+](C)(C)C)NC(=O)CCCCCCCCCCCCCCCCCCC. The Morgan fingerprint density at radius 1 is 0.493 bits per heavy atom. The Hall–Kier alpha value is -0.760. The highest BCUT2D eigenvalue weighted by molar-refractivity contribution is 7.45. The van der Waals surface area contributed by atoms with Gasteiger partial charge in [-0.05, 0) is 19.3 Å². The Labute approximate surface area is 431 Å². The van der Waals surface area contributed by atoms with Crippen LogP contribution >= 0.6 is 7.82 Å². The summed E-state index contributed by atoms with van der Waals surface area (Å²) < 4.78 is 23.4. The summed E-state index contributed by atoms with van der Waals surface area (Å²) in [6.45, 7) is 4.70. The number of quaternary nitrogens is 1. The molecule has 8 nitrogen and oxygen atoms in total. The number of likely N-dealkylation sites (N-methyl/N-ethyl adjacent to an activating group) is 1. The van der Waals surface area contributed by atoms with Crippen molar-refractivity contribution in [1.29, 1.82) is 0 Å². The molecule has 0 saturated carbocycles. The van der Waals surface area contributed by atoms with Crippen LogP contribution in [-0.2, 0) is 18.4 Å². The maximum Gasteiger partial charge on any atom is 0.268 e. The Morgan fingerprint density at radius 3 is 1.09 bits per heavy atom. The molecule has 0 aromatic heterocycles. The second-order valence-electron chi connectivity index (χ2n) is 22.4. The summed E-state index contributed by atoms with van der Waals surface area (Å²) in [7, 11) is 1.28. The third-order valence-electron chi connectivity index (χ3n) is 14.2. The van der Waals surface area contributed by atoms with E-state index in [2.05, 4.69) is 19.2 Å². The Bertz CT molecular complexity index is 1130. The summed E-state index contributed by atoms with van der Waals surface area (Å²) in [5.74, 6) is -0.190. The van der Waals surface area contributed by atoms with Gasteiger partial charge in [0.1, 0.15) is 13.2 Å². The number of aliphatic hydroxyl groups excluding tert-OH is 1. The quantitative estimate of drug-likeness (QED) is 0.0272. The fourth-order valence-electron chi connectivity index (χ4n) is 9.45. The lowest BCUT2D eigenvalue weighted by Gasteiger charge is -2.29. The number of carbonyl (C=O) groups excluding carboxylic acids is 1. The number of unbranched alkanes of at least 4 members (excludes halogenated alkanes) is 44. The van der Waals surface area contributed by atoms with Crippen molar-refractivity contribution in [1.82, 2.24) is 5.32 Å². The lowest BCUT2D eigenvalue weighted by Crippen LogP contribution is -2.45. The van der Waals surface area contributed by atoms with Gasteiger partial charge >= 0.3 is 0 Å². The smallest absolute Gasteiger partial charge is 0.268 e.